The molecular formula is C15H16F2N2O3S. The lowest BCUT2D eigenvalue weighted by Crippen LogP contribution is -2.45. The first kappa shape index (κ1) is 17.3. The lowest BCUT2D eigenvalue weighted by atomic mass is 9.95. The minimum Gasteiger partial charge on any atom is -0.460 e. The van der Waals surface area contributed by atoms with Crippen molar-refractivity contribution >= 4 is 23.3 Å². The van der Waals surface area contributed by atoms with E-state index >= 15 is 0 Å². The van der Waals surface area contributed by atoms with Crippen molar-refractivity contribution in [3.05, 3.63) is 46.7 Å². The molecule has 1 unspecified atom stereocenters. The first-order valence-electron chi connectivity index (χ1n) is 6.83. The second kappa shape index (κ2) is 7.47. The van der Waals surface area contributed by atoms with E-state index in [2.05, 4.69) is 10.6 Å². The normalized spacial score (nSPS) is 17.6. The predicted molar refractivity (Wildman–Crippen MR) is 83.5 cm³/mol. The highest BCUT2D eigenvalue weighted by molar-refractivity contribution is 7.80. The average molecular weight is 342 g/mol. The van der Waals surface area contributed by atoms with Gasteiger partial charge in [-0.05, 0) is 25.2 Å². The molecule has 5 nitrogen and oxygen atoms in total. The van der Waals surface area contributed by atoms with Gasteiger partial charge in [-0.25, -0.2) is 13.6 Å². The molecule has 2 rings (SSSR count). The average Bonchev–Trinajstić information content (AvgIpc) is 2.46. The molecule has 0 spiro atoms. The van der Waals surface area contributed by atoms with Crippen LogP contribution in [0.15, 0.2) is 29.5 Å². The van der Waals surface area contributed by atoms with Gasteiger partial charge in [-0.2, -0.15) is 0 Å². The van der Waals surface area contributed by atoms with Crippen LogP contribution < -0.4 is 10.6 Å². The molecular weight excluding hydrogens is 326 g/mol. The number of rotatable bonds is 5. The van der Waals surface area contributed by atoms with Crippen LogP contribution in [0.5, 0.6) is 0 Å². The van der Waals surface area contributed by atoms with Crippen LogP contribution in [0.25, 0.3) is 0 Å². The Kier molecular flexibility index (Phi) is 5.62. The van der Waals surface area contributed by atoms with E-state index in [1.807, 2.05) is 0 Å². The monoisotopic (exact) mass is 342 g/mol. The number of ether oxygens (including phenoxy) is 2. The van der Waals surface area contributed by atoms with E-state index in [1.165, 1.54) is 13.2 Å². The van der Waals surface area contributed by atoms with E-state index in [1.54, 1.807) is 6.92 Å². The van der Waals surface area contributed by atoms with Crippen LogP contribution in [0.4, 0.5) is 8.78 Å². The summed E-state index contributed by atoms with van der Waals surface area (Å²) in [6.45, 7) is 1.94. The number of esters is 1. The van der Waals surface area contributed by atoms with Gasteiger partial charge in [0.05, 0.1) is 18.2 Å². The molecule has 1 heterocycles. The summed E-state index contributed by atoms with van der Waals surface area (Å²) in [5.41, 5.74) is 0.735. The lowest BCUT2D eigenvalue weighted by molar-refractivity contribution is -0.140. The summed E-state index contributed by atoms with van der Waals surface area (Å²) in [6.07, 6.45) is 0. The van der Waals surface area contributed by atoms with E-state index in [0.29, 0.717) is 5.70 Å². The number of carbonyl (C=O) groups excluding carboxylic acids is 1. The molecule has 0 fully saturated rings. The van der Waals surface area contributed by atoms with E-state index in [0.717, 1.165) is 12.1 Å². The van der Waals surface area contributed by atoms with Crippen LogP contribution in [0.3, 0.4) is 0 Å². The second-order valence-electron chi connectivity index (χ2n) is 4.86. The zero-order valence-electron chi connectivity index (χ0n) is 12.6. The van der Waals surface area contributed by atoms with Gasteiger partial charge in [0.15, 0.2) is 5.11 Å². The van der Waals surface area contributed by atoms with Crippen molar-refractivity contribution in [2.75, 3.05) is 20.3 Å². The lowest BCUT2D eigenvalue weighted by Gasteiger charge is -2.30. The summed E-state index contributed by atoms with van der Waals surface area (Å²) >= 11 is 5.05. The third kappa shape index (κ3) is 4.02. The predicted octanol–water partition coefficient (Wildman–Crippen LogP) is 1.95. The first-order valence-corrected chi connectivity index (χ1v) is 7.24. The minimum atomic E-state index is -0.862. The molecule has 1 aromatic rings. The molecule has 0 saturated carbocycles. The second-order valence-corrected chi connectivity index (χ2v) is 5.27. The van der Waals surface area contributed by atoms with Gasteiger partial charge in [0, 0.05) is 24.4 Å². The number of benzene rings is 1. The molecule has 0 aromatic heterocycles. The summed E-state index contributed by atoms with van der Waals surface area (Å²) < 4.78 is 37.1. The molecule has 23 heavy (non-hydrogen) atoms. The number of carbonyl (C=O) groups is 1. The Hall–Kier alpha value is -2.06. The third-order valence-corrected chi connectivity index (χ3v) is 3.50. The maximum Gasteiger partial charge on any atom is 0.338 e. The molecule has 0 saturated heterocycles. The van der Waals surface area contributed by atoms with Crippen molar-refractivity contribution in [3.8, 4) is 0 Å². The standard InChI is InChI=1S/C15H16F2N2O3S/c1-8-12(14(20)22-6-5-21-2)13(19-15(23)18-8)10-4-3-9(16)7-11(10)17/h3-4,7,13H,5-6H2,1-2H3,(H2,18,19,23). The molecule has 0 aliphatic carbocycles. The van der Waals surface area contributed by atoms with Crippen molar-refractivity contribution in [2.24, 2.45) is 0 Å². The Morgan fingerprint density at radius 1 is 1.35 bits per heavy atom. The molecule has 1 aliphatic heterocycles. The maximum atomic E-state index is 14.1. The van der Waals surface area contributed by atoms with Gasteiger partial charge in [0.2, 0.25) is 0 Å². The van der Waals surface area contributed by atoms with Crippen LogP contribution in [0.1, 0.15) is 18.5 Å². The molecule has 0 radical (unpaired) electrons. The fraction of sp³-hybridized carbons (Fsp3) is 0.333. The van der Waals surface area contributed by atoms with Crippen LogP contribution in [-0.2, 0) is 14.3 Å². The van der Waals surface area contributed by atoms with E-state index in [-0.39, 0.29) is 29.5 Å². The SMILES string of the molecule is COCCOC(=O)C1=C(C)NC(=S)NC1c1ccc(F)cc1F. The highest BCUT2D eigenvalue weighted by Crippen LogP contribution is 2.29. The van der Waals surface area contributed by atoms with Crippen molar-refractivity contribution < 1.29 is 23.0 Å². The van der Waals surface area contributed by atoms with Gasteiger partial charge in [-0.3, -0.25) is 0 Å². The number of hydrogen-bond acceptors (Lipinski definition) is 4. The van der Waals surface area contributed by atoms with Crippen LogP contribution in [0, 0.1) is 11.6 Å². The summed E-state index contributed by atoms with van der Waals surface area (Å²) in [7, 11) is 1.48. The molecule has 0 amide bonds. The van der Waals surface area contributed by atoms with E-state index < -0.39 is 23.6 Å². The van der Waals surface area contributed by atoms with Gasteiger partial charge in [0.1, 0.15) is 18.2 Å². The van der Waals surface area contributed by atoms with Gasteiger partial charge in [-0.15, -0.1) is 0 Å². The number of hydrogen-bond donors (Lipinski definition) is 2. The minimum absolute atomic E-state index is 0.0647. The molecule has 1 aliphatic rings. The molecule has 8 heteroatoms. The smallest absolute Gasteiger partial charge is 0.338 e. The zero-order chi connectivity index (χ0) is 17.0. The van der Waals surface area contributed by atoms with Crippen LogP contribution in [0.2, 0.25) is 0 Å². The fourth-order valence-corrected chi connectivity index (χ4v) is 2.50. The Balaban J connectivity index is 2.36. The molecule has 124 valence electrons. The van der Waals surface area contributed by atoms with Gasteiger partial charge < -0.3 is 20.1 Å². The number of allylic oxidation sites excluding steroid dienone is 1. The highest BCUT2D eigenvalue weighted by Gasteiger charge is 2.32. The molecule has 2 N–H and O–H groups in total. The first-order chi connectivity index (χ1) is 10.9. The van der Waals surface area contributed by atoms with Gasteiger partial charge in [0.25, 0.3) is 0 Å². The van der Waals surface area contributed by atoms with Crippen molar-refractivity contribution in [3.63, 3.8) is 0 Å². The Morgan fingerprint density at radius 3 is 2.74 bits per heavy atom. The quantitative estimate of drug-likeness (QED) is 0.485. The van der Waals surface area contributed by atoms with Crippen molar-refractivity contribution in [2.45, 2.75) is 13.0 Å². The topological polar surface area (TPSA) is 59.6 Å². The largest absolute Gasteiger partial charge is 0.460 e. The number of thiocarbonyl (C=S) groups is 1. The highest BCUT2D eigenvalue weighted by atomic mass is 32.1. The number of nitrogens with one attached hydrogen (secondary N) is 2. The number of methoxy groups -OCH3 is 1. The molecule has 1 atom stereocenters. The fourth-order valence-electron chi connectivity index (χ4n) is 2.23. The van der Waals surface area contributed by atoms with Crippen LogP contribution >= 0.6 is 12.2 Å². The Bertz CT molecular complexity index is 664. The zero-order valence-corrected chi connectivity index (χ0v) is 13.4. The van der Waals surface area contributed by atoms with Gasteiger partial charge >= 0.3 is 5.97 Å². The maximum absolute atomic E-state index is 14.1. The summed E-state index contributed by atoms with van der Waals surface area (Å²) in [6, 6.07) is 2.28. The Morgan fingerprint density at radius 2 is 2.09 bits per heavy atom. The molecule has 1 aromatic carbocycles. The van der Waals surface area contributed by atoms with Crippen molar-refractivity contribution in [1.82, 2.24) is 10.6 Å². The Labute approximate surface area is 137 Å². The van der Waals surface area contributed by atoms with Gasteiger partial charge in [-0.1, -0.05) is 6.07 Å². The third-order valence-electron chi connectivity index (χ3n) is 3.28. The molecule has 0 bridgehead atoms. The summed E-state index contributed by atoms with van der Waals surface area (Å²) in [5, 5.41) is 5.86. The van der Waals surface area contributed by atoms with Crippen LogP contribution in [-0.4, -0.2) is 31.4 Å². The van der Waals surface area contributed by atoms with E-state index in [9.17, 15) is 13.6 Å². The van der Waals surface area contributed by atoms with Crippen molar-refractivity contribution in [1.29, 1.82) is 0 Å². The summed E-state index contributed by atoms with van der Waals surface area (Å²) in [5.74, 6) is -2.11. The summed E-state index contributed by atoms with van der Waals surface area (Å²) in [4.78, 5) is 12.3. The number of halogens is 2. The van der Waals surface area contributed by atoms with E-state index in [4.69, 9.17) is 21.7 Å².